The second-order valence-corrected chi connectivity index (χ2v) is 4.05. The van der Waals surface area contributed by atoms with Gasteiger partial charge in [-0.05, 0) is 25.9 Å². The van der Waals surface area contributed by atoms with E-state index >= 15 is 0 Å². The van der Waals surface area contributed by atoms with Gasteiger partial charge in [0, 0.05) is 6.04 Å². The summed E-state index contributed by atoms with van der Waals surface area (Å²) in [5.41, 5.74) is -0.697. The Morgan fingerprint density at radius 2 is 2.00 bits per heavy atom. The first kappa shape index (κ1) is 13.6. The molecular formula is C9H11F3N4O3. The maximum atomic E-state index is 12.1. The Hall–Kier alpha value is -1.84. The van der Waals surface area contributed by atoms with Crippen LogP contribution in [0.3, 0.4) is 0 Å². The highest BCUT2D eigenvalue weighted by Crippen LogP contribution is 2.23. The smallest absolute Gasteiger partial charge is 0.384 e. The van der Waals surface area contributed by atoms with Crippen LogP contribution in [0.2, 0.25) is 0 Å². The molecule has 2 rings (SSSR count). The van der Waals surface area contributed by atoms with E-state index in [9.17, 15) is 22.8 Å². The predicted molar refractivity (Wildman–Crippen MR) is 55.7 cm³/mol. The van der Waals surface area contributed by atoms with Gasteiger partial charge in [-0.2, -0.15) is 13.2 Å². The molecule has 0 saturated carbocycles. The number of rotatable bonds is 2. The maximum Gasteiger partial charge on any atom is 0.491 e. The van der Waals surface area contributed by atoms with Gasteiger partial charge in [0.25, 0.3) is 0 Å². The second-order valence-electron chi connectivity index (χ2n) is 4.05. The van der Waals surface area contributed by atoms with Gasteiger partial charge in [-0.25, -0.2) is 19.3 Å². The Morgan fingerprint density at radius 1 is 1.37 bits per heavy atom. The van der Waals surface area contributed by atoms with Crippen molar-refractivity contribution in [2.75, 3.05) is 13.1 Å². The summed E-state index contributed by atoms with van der Waals surface area (Å²) in [6.45, 7) is 1.24. The van der Waals surface area contributed by atoms with Crippen LogP contribution in [0.15, 0.2) is 4.79 Å². The first-order chi connectivity index (χ1) is 8.89. The Morgan fingerprint density at radius 3 is 2.58 bits per heavy atom. The van der Waals surface area contributed by atoms with Gasteiger partial charge in [0.2, 0.25) is 0 Å². The molecule has 10 heteroatoms. The highest BCUT2D eigenvalue weighted by molar-refractivity contribution is 5.77. The molecule has 1 aromatic heterocycles. The molecule has 1 saturated heterocycles. The van der Waals surface area contributed by atoms with Crippen LogP contribution in [0.25, 0.3) is 0 Å². The standard InChI is InChI=1S/C9H11F3N4O3/c10-9(11,12)6(17)19-8-15-14-7(18)16(8)5-1-3-13-4-2-5/h5,13H,1-4H2,(H,14,18). The minimum Gasteiger partial charge on any atom is -0.384 e. The Kier molecular flexibility index (Phi) is 3.60. The molecule has 1 fully saturated rings. The van der Waals surface area contributed by atoms with E-state index in [-0.39, 0.29) is 6.04 Å². The summed E-state index contributed by atoms with van der Waals surface area (Å²) in [5.74, 6) is -2.40. The molecule has 0 aromatic carbocycles. The van der Waals surface area contributed by atoms with Crippen LogP contribution in [0.1, 0.15) is 18.9 Å². The third-order valence-corrected chi connectivity index (χ3v) is 2.76. The molecular weight excluding hydrogens is 269 g/mol. The summed E-state index contributed by atoms with van der Waals surface area (Å²) in [6, 6.07) is -0.997. The predicted octanol–water partition coefficient (Wildman–Crippen LogP) is -0.0364. The van der Waals surface area contributed by atoms with Crippen LogP contribution in [-0.4, -0.2) is 40.0 Å². The van der Waals surface area contributed by atoms with Gasteiger partial charge < -0.3 is 10.1 Å². The maximum absolute atomic E-state index is 12.1. The largest absolute Gasteiger partial charge is 0.491 e. The van der Waals surface area contributed by atoms with Crippen molar-refractivity contribution in [2.45, 2.75) is 25.1 Å². The van der Waals surface area contributed by atoms with Crippen molar-refractivity contribution >= 4 is 5.97 Å². The Labute approximate surface area is 104 Å². The van der Waals surface area contributed by atoms with Crippen LogP contribution >= 0.6 is 0 Å². The lowest BCUT2D eigenvalue weighted by Gasteiger charge is -2.23. The summed E-state index contributed by atoms with van der Waals surface area (Å²) in [5, 5.41) is 8.34. The lowest BCUT2D eigenvalue weighted by Crippen LogP contribution is -2.35. The van der Waals surface area contributed by atoms with Gasteiger partial charge in [0.1, 0.15) is 0 Å². The normalized spacial score (nSPS) is 17.4. The van der Waals surface area contributed by atoms with Crippen molar-refractivity contribution in [3.8, 4) is 6.01 Å². The van der Waals surface area contributed by atoms with Gasteiger partial charge in [0.15, 0.2) is 0 Å². The summed E-state index contributed by atoms with van der Waals surface area (Å²) >= 11 is 0. The van der Waals surface area contributed by atoms with E-state index in [1.807, 2.05) is 5.10 Å². The van der Waals surface area contributed by atoms with Crippen LogP contribution in [0.4, 0.5) is 13.2 Å². The lowest BCUT2D eigenvalue weighted by molar-refractivity contribution is -0.190. The zero-order chi connectivity index (χ0) is 14.0. The summed E-state index contributed by atoms with van der Waals surface area (Å²) in [7, 11) is 0. The average molecular weight is 280 g/mol. The third-order valence-electron chi connectivity index (χ3n) is 2.76. The number of alkyl halides is 3. The van der Waals surface area contributed by atoms with Crippen molar-refractivity contribution in [1.82, 2.24) is 20.1 Å². The molecule has 0 bridgehead atoms. The molecule has 0 spiro atoms. The van der Waals surface area contributed by atoms with E-state index in [0.717, 1.165) is 4.57 Å². The SMILES string of the molecule is O=C(Oc1n[nH]c(=O)n1C1CCNCC1)C(F)(F)F. The van der Waals surface area contributed by atoms with E-state index in [1.165, 1.54) is 0 Å². The zero-order valence-corrected chi connectivity index (χ0v) is 9.66. The molecule has 7 nitrogen and oxygen atoms in total. The van der Waals surface area contributed by atoms with Crippen LogP contribution in [-0.2, 0) is 4.79 Å². The highest BCUT2D eigenvalue weighted by Gasteiger charge is 2.42. The molecule has 0 atom stereocenters. The molecule has 19 heavy (non-hydrogen) atoms. The first-order valence-electron chi connectivity index (χ1n) is 5.56. The van der Waals surface area contributed by atoms with E-state index in [4.69, 9.17) is 0 Å². The van der Waals surface area contributed by atoms with E-state index in [1.54, 1.807) is 0 Å². The van der Waals surface area contributed by atoms with Crippen LogP contribution < -0.4 is 15.7 Å². The summed E-state index contributed by atoms with van der Waals surface area (Å²) < 4.78 is 41.4. The van der Waals surface area contributed by atoms with E-state index in [0.29, 0.717) is 25.9 Å². The average Bonchev–Trinajstić information content (AvgIpc) is 2.70. The van der Waals surface area contributed by atoms with Gasteiger partial charge in [-0.1, -0.05) is 0 Å². The molecule has 0 radical (unpaired) electrons. The quantitative estimate of drug-likeness (QED) is 0.742. The topological polar surface area (TPSA) is 89.0 Å². The number of aromatic nitrogens is 3. The fraction of sp³-hybridized carbons (Fsp3) is 0.667. The molecule has 2 heterocycles. The molecule has 0 amide bonds. The Balaban J connectivity index is 2.22. The van der Waals surface area contributed by atoms with E-state index in [2.05, 4.69) is 15.2 Å². The monoisotopic (exact) mass is 280 g/mol. The summed E-state index contributed by atoms with van der Waals surface area (Å²) in [4.78, 5) is 22.3. The Bertz CT molecular complexity index is 516. The number of halogens is 3. The van der Waals surface area contributed by atoms with Crippen LogP contribution in [0, 0.1) is 0 Å². The number of carbonyl (C=O) groups is 1. The molecule has 1 aromatic rings. The molecule has 106 valence electrons. The van der Waals surface area contributed by atoms with Crippen molar-refractivity contribution < 1.29 is 22.7 Å². The number of piperidine rings is 1. The van der Waals surface area contributed by atoms with Gasteiger partial charge in [0.05, 0.1) is 0 Å². The fourth-order valence-corrected chi connectivity index (χ4v) is 1.89. The van der Waals surface area contributed by atoms with Crippen molar-refractivity contribution in [3.05, 3.63) is 10.5 Å². The lowest BCUT2D eigenvalue weighted by atomic mass is 10.1. The first-order valence-corrected chi connectivity index (χ1v) is 5.56. The number of esters is 1. The number of aromatic amines is 1. The zero-order valence-electron chi connectivity index (χ0n) is 9.66. The van der Waals surface area contributed by atoms with Gasteiger partial charge in [-0.3, -0.25) is 0 Å². The summed E-state index contributed by atoms with van der Waals surface area (Å²) in [6.07, 6.45) is -4.06. The fourth-order valence-electron chi connectivity index (χ4n) is 1.89. The molecule has 2 N–H and O–H groups in total. The van der Waals surface area contributed by atoms with Gasteiger partial charge in [-0.15, -0.1) is 5.10 Å². The second kappa shape index (κ2) is 5.03. The van der Waals surface area contributed by atoms with Crippen LogP contribution in [0.5, 0.6) is 6.01 Å². The van der Waals surface area contributed by atoms with E-state index < -0.39 is 23.8 Å². The number of nitrogens with one attached hydrogen (secondary N) is 2. The van der Waals surface area contributed by atoms with Crippen molar-refractivity contribution in [3.63, 3.8) is 0 Å². The third kappa shape index (κ3) is 2.95. The van der Waals surface area contributed by atoms with Crippen molar-refractivity contribution in [1.29, 1.82) is 0 Å². The molecule has 1 aliphatic rings. The minimum absolute atomic E-state index is 0.344. The number of nitrogens with zero attached hydrogens (tertiary/aromatic N) is 2. The number of H-pyrrole nitrogens is 1. The number of hydrogen-bond acceptors (Lipinski definition) is 5. The number of carbonyl (C=O) groups excluding carboxylic acids is 1. The highest BCUT2D eigenvalue weighted by atomic mass is 19.4. The number of ether oxygens (including phenoxy) is 1. The van der Waals surface area contributed by atoms with Crippen molar-refractivity contribution in [2.24, 2.45) is 0 Å². The van der Waals surface area contributed by atoms with Gasteiger partial charge >= 0.3 is 23.8 Å². The molecule has 1 aliphatic heterocycles. The number of hydrogen-bond donors (Lipinski definition) is 2. The molecule has 0 unspecified atom stereocenters. The minimum atomic E-state index is -5.13. The molecule has 0 aliphatic carbocycles.